The lowest BCUT2D eigenvalue weighted by atomic mass is 10.2. The Morgan fingerprint density at radius 1 is 1.06 bits per heavy atom. The van der Waals surface area contributed by atoms with Gasteiger partial charge >= 0.3 is 5.69 Å². The Labute approximate surface area is 186 Å². The number of imidazole rings is 1. The van der Waals surface area contributed by atoms with Crippen molar-refractivity contribution in [2.75, 3.05) is 0 Å². The van der Waals surface area contributed by atoms with E-state index in [4.69, 9.17) is 27.7 Å². The van der Waals surface area contributed by atoms with Crippen LogP contribution in [0, 0.1) is 0 Å². The minimum Gasteiger partial charge on any atom is -0.339 e. The van der Waals surface area contributed by atoms with Crippen LogP contribution in [0.1, 0.15) is 32.1 Å². The zero-order valence-corrected chi connectivity index (χ0v) is 18.3. The molecule has 0 aliphatic heterocycles. The topological polar surface area (TPSA) is 112 Å². The fourth-order valence-electron chi connectivity index (χ4n) is 3.42. The molecule has 9 nitrogen and oxygen atoms in total. The zero-order chi connectivity index (χ0) is 22.0. The predicted molar refractivity (Wildman–Crippen MR) is 118 cm³/mol. The third kappa shape index (κ3) is 4.28. The SMILES string of the molecule is CCCn1c(=O)n(CCCCc2nc(-c3ccccc3Cl)no2)c(=O)c2[nH]c(Cl)nc21. The standard InChI is InChI=1S/C20H20Cl2N6O3/c1-2-10-27-17-15(24-19(22)25-17)18(29)28(20(27)30)11-6-5-9-14-23-16(26-31-14)12-7-3-4-8-13(12)21/h3-4,7-8H,2,5-6,9-11H2,1H3,(H,24,25). The summed E-state index contributed by atoms with van der Waals surface area (Å²) in [6.45, 7) is 2.66. The summed E-state index contributed by atoms with van der Waals surface area (Å²) in [5, 5.41) is 4.61. The van der Waals surface area contributed by atoms with Gasteiger partial charge in [0.05, 0.1) is 5.02 Å². The van der Waals surface area contributed by atoms with E-state index in [1.54, 1.807) is 6.07 Å². The molecule has 0 saturated heterocycles. The highest BCUT2D eigenvalue weighted by atomic mass is 35.5. The number of halogens is 2. The van der Waals surface area contributed by atoms with Gasteiger partial charge in [-0.25, -0.2) is 4.79 Å². The summed E-state index contributed by atoms with van der Waals surface area (Å²) in [6.07, 6.45) is 2.49. The van der Waals surface area contributed by atoms with Gasteiger partial charge in [-0.15, -0.1) is 0 Å². The quantitative estimate of drug-likeness (QED) is 0.315. The van der Waals surface area contributed by atoms with Crippen LogP contribution in [-0.4, -0.2) is 29.2 Å². The second-order valence-corrected chi connectivity index (χ2v) is 7.83. The van der Waals surface area contributed by atoms with Gasteiger partial charge in [-0.3, -0.25) is 13.9 Å². The van der Waals surface area contributed by atoms with Crippen molar-refractivity contribution in [2.24, 2.45) is 0 Å². The van der Waals surface area contributed by atoms with Crippen molar-refractivity contribution in [3.05, 3.63) is 61.3 Å². The zero-order valence-electron chi connectivity index (χ0n) is 16.8. The summed E-state index contributed by atoms with van der Waals surface area (Å²) in [7, 11) is 0. The van der Waals surface area contributed by atoms with Crippen molar-refractivity contribution in [3.8, 4) is 11.4 Å². The van der Waals surface area contributed by atoms with Crippen LogP contribution in [0.3, 0.4) is 0 Å². The molecule has 0 bridgehead atoms. The number of unbranched alkanes of at least 4 members (excludes halogenated alkanes) is 1. The molecule has 0 aliphatic carbocycles. The molecule has 0 aliphatic rings. The van der Waals surface area contributed by atoms with E-state index >= 15 is 0 Å². The van der Waals surface area contributed by atoms with Gasteiger partial charge < -0.3 is 9.51 Å². The molecule has 11 heteroatoms. The third-order valence-corrected chi connectivity index (χ3v) is 5.39. The first-order chi connectivity index (χ1) is 15.0. The molecule has 0 amide bonds. The van der Waals surface area contributed by atoms with Crippen molar-refractivity contribution in [3.63, 3.8) is 0 Å². The fourth-order valence-corrected chi connectivity index (χ4v) is 3.81. The lowest BCUT2D eigenvalue weighted by Gasteiger charge is -2.10. The van der Waals surface area contributed by atoms with Gasteiger partial charge in [-0.05, 0) is 43.0 Å². The highest BCUT2D eigenvalue weighted by Crippen LogP contribution is 2.25. The van der Waals surface area contributed by atoms with Gasteiger partial charge in [0.25, 0.3) is 5.56 Å². The molecule has 162 valence electrons. The monoisotopic (exact) mass is 462 g/mol. The average molecular weight is 463 g/mol. The first-order valence-electron chi connectivity index (χ1n) is 9.96. The predicted octanol–water partition coefficient (Wildman–Crippen LogP) is 3.68. The molecule has 1 N–H and O–H groups in total. The Balaban J connectivity index is 1.46. The highest BCUT2D eigenvalue weighted by molar-refractivity contribution is 6.33. The second-order valence-electron chi connectivity index (χ2n) is 7.07. The molecular weight excluding hydrogens is 443 g/mol. The maximum Gasteiger partial charge on any atom is 0.332 e. The number of aryl methyl sites for hydroxylation is 2. The van der Waals surface area contributed by atoms with Gasteiger partial charge in [0, 0.05) is 25.1 Å². The van der Waals surface area contributed by atoms with E-state index in [1.165, 1.54) is 9.13 Å². The minimum atomic E-state index is -0.425. The van der Waals surface area contributed by atoms with Crippen LogP contribution < -0.4 is 11.2 Å². The second kappa shape index (κ2) is 9.07. The van der Waals surface area contributed by atoms with E-state index in [-0.39, 0.29) is 28.7 Å². The Hall–Kier alpha value is -2.91. The molecule has 4 rings (SSSR count). The van der Waals surface area contributed by atoms with Crippen molar-refractivity contribution < 1.29 is 4.52 Å². The summed E-state index contributed by atoms with van der Waals surface area (Å²) < 4.78 is 8.00. The number of nitrogens with one attached hydrogen (secondary N) is 1. The van der Waals surface area contributed by atoms with Gasteiger partial charge in [0.2, 0.25) is 17.0 Å². The molecule has 0 atom stereocenters. The summed E-state index contributed by atoms with van der Waals surface area (Å²) in [5.41, 5.74) is 0.413. The number of hydrogen-bond donors (Lipinski definition) is 1. The van der Waals surface area contributed by atoms with Crippen LogP contribution in [0.15, 0.2) is 38.4 Å². The summed E-state index contributed by atoms with van der Waals surface area (Å²) in [4.78, 5) is 36.8. The lowest BCUT2D eigenvalue weighted by Crippen LogP contribution is -2.40. The third-order valence-electron chi connectivity index (χ3n) is 4.88. The number of rotatable bonds is 8. The minimum absolute atomic E-state index is 0.0832. The summed E-state index contributed by atoms with van der Waals surface area (Å²) >= 11 is 12.1. The number of aromatic nitrogens is 6. The van der Waals surface area contributed by atoms with Crippen LogP contribution in [-0.2, 0) is 19.5 Å². The number of hydrogen-bond acceptors (Lipinski definition) is 6. The van der Waals surface area contributed by atoms with Crippen LogP contribution in [0.5, 0.6) is 0 Å². The van der Waals surface area contributed by atoms with Gasteiger partial charge in [-0.2, -0.15) is 9.97 Å². The number of aromatic amines is 1. The first kappa shape index (κ1) is 21.3. The molecule has 1 aromatic carbocycles. The Morgan fingerprint density at radius 3 is 2.65 bits per heavy atom. The van der Waals surface area contributed by atoms with E-state index < -0.39 is 5.56 Å². The molecule has 0 radical (unpaired) electrons. The smallest absolute Gasteiger partial charge is 0.332 e. The van der Waals surface area contributed by atoms with E-state index in [1.807, 2.05) is 25.1 Å². The number of nitrogens with zero attached hydrogens (tertiary/aromatic N) is 5. The average Bonchev–Trinajstić information content (AvgIpc) is 3.37. The van der Waals surface area contributed by atoms with Crippen LogP contribution in [0.4, 0.5) is 0 Å². The van der Waals surface area contributed by atoms with Crippen LogP contribution in [0.2, 0.25) is 10.3 Å². The highest BCUT2D eigenvalue weighted by Gasteiger charge is 2.17. The van der Waals surface area contributed by atoms with Crippen molar-refractivity contribution in [1.82, 2.24) is 29.2 Å². The number of H-pyrrole nitrogens is 1. The van der Waals surface area contributed by atoms with E-state index in [2.05, 4.69) is 20.1 Å². The summed E-state index contributed by atoms with van der Waals surface area (Å²) in [6, 6.07) is 7.27. The number of benzene rings is 1. The summed E-state index contributed by atoms with van der Waals surface area (Å²) in [5.74, 6) is 0.905. The normalized spacial score (nSPS) is 11.5. The van der Waals surface area contributed by atoms with E-state index in [0.717, 1.165) is 6.42 Å². The molecular formula is C20H20Cl2N6O3. The van der Waals surface area contributed by atoms with Crippen molar-refractivity contribution >= 4 is 34.4 Å². The van der Waals surface area contributed by atoms with Gasteiger partial charge in [0.15, 0.2) is 11.2 Å². The molecule has 0 unspecified atom stereocenters. The lowest BCUT2D eigenvalue weighted by molar-refractivity contribution is 0.372. The fraction of sp³-hybridized carbons (Fsp3) is 0.350. The Morgan fingerprint density at radius 2 is 1.87 bits per heavy atom. The Bertz CT molecular complexity index is 1340. The van der Waals surface area contributed by atoms with E-state index in [9.17, 15) is 9.59 Å². The Kier molecular flexibility index (Phi) is 6.24. The van der Waals surface area contributed by atoms with Gasteiger partial charge in [0.1, 0.15) is 0 Å². The molecule has 3 aromatic heterocycles. The maximum atomic E-state index is 12.8. The molecule has 3 heterocycles. The molecule has 4 aromatic rings. The van der Waals surface area contributed by atoms with Gasteiger partial charge in [-0.1, -0.05) is 35.8 Å². The first-order valence-corrected chi connectivity index (χ1v) is 10.7. The van der Waals surface area contributed by atoms with Crippen LogP contribution in [0.25, 0.3) is 22.6 Å². The largest absolute Gasteiger partial charge is 0.339 e. The molecule has 0 spiro atoms. The molecule has 31 heavy (non-hydrogen) atoms. The molecule has 0 fully saturated rings. The van der Waals surface area contributed by atoms with Crippen molar-refractivity contribution in [1.29, 1.82) is 0 Å². The number of fused-ring (bicyclic) bond motifs is 1. The van der Waals surface area contributed by atoms with Crippen LogP contribution >= 0.6 is 23.2 Å². The maximum absolute atomic E-state index is 12.8. The molecule has 0 saturated carbocycles. The van der Waals surface area contributed by atoms with Crippen molar-refractivity contribution in [2.45, 2.75) is 45.7 Å². The van der Waals surface area contributed by atoms with E-state index in [0.29, 0.717) is 48.1 Å².